The third-order valence-electron chi connectivity index (χ3n) is 1.67. The van der Waals surface area contributed by atoms with Gasteiger partial charge >= 0.3 is 0 Å². The smallest absolute Gasteiger partial charge is 0.217 e. The monoisotopic (exact) mass is 179 g/mol. The van der Waals surface area contributed by atoms with Crippen molar-refractivity contribution in [2.75, 3.05) is 5.73 Å². The number of carbonyl (C=O) groups is 1. The molecule has 0 aliphatic carbocycles. The summed E-state index contributed by atoms with van der Waals surface area (Å²) in [5.74, 6) is 0.168. The van der Waals surface area contributed by atoms with Gasteiger partial charge in [0.25, 0.3) is 0 Å². The van der Waals surface area contributed by atoms with Crippen LogP contribution in [0.15, 0.2) is 12.1 Å². The molecule has 0 bridgehead atoms. The Labute approximate surface area is 77.0 Å². The third kappa shape index (κ3) is 3.11. The lowest BCUT2D eigenvalue weighted by Crippen LogP contribution is -2.12. The number of nitrogen functional groups attached to an aromatic ring is 1. The Morgan fingerprint density at radius 3 is 2.77 bits per heavy atom. The second-order valence-corrected chi connectivity index (χ2v) is 3.03. The summed E-state index contributed by atoms with van der Waals surface area (Å²) < 4.78 is 0. The second kappa shape index (κ2) is 3.89. The van der Waals surface area contributed by atoms with Crippen LogP contribution in [-0.2, 0) is 11.2 Å². The molecule has 4 nitrogen and oxygen atoms in total. The molecule has 0 spiro atoms. The van der Waals surface area contributed by atoms with Crippen molar-refractivity contribution < 1.29 is 4.79 Å². The van der Waals surface area contributed by atoms with Crippen LogP contribution in [0.2, 0.25) is 0 Å². The zero-order valence-corrected chi connectivity index (χ0v) is 7.58. The Kier molecular flexibility index (Phi) is 2.84. The van der Waals surface area contributed by atoms with Gasteiger partial charge in [0.2, 0.25) is 5.91 Å². The SMILES string of the molecule is Cc1cc(N)nc(CCC(N)=O)c1. The number of amides is 1. The van der Waals surface area contributed by atoms with Crippen molar-refractivity contribution >= 4 is 11.7 Å². The van der Waals surface area contributed by atoms with Gasteiger partial charge in [0.05, 0.1) is 0 Å². The summed E-state index contributed by atoms with van der Waals surface area (Å²) in [7, 11) is 0. The zero-order chi connectivity index (χ0) is 9.84. The molecule has 1 heterocycles. The number of nitrogens with zero attached hydrogens (tertiary/aromatic N) is 1. The first-order valence-corrected chi connectivity index (χ1v) is 4.09. The van der Waals surface area contributed by atoms with Crippen LogP contribution >= 0.6 is 0 Å². The summed E-state index contributed by atoms with van der Waals surface area (Å²) in [6.45, 7) is 1.94. The van der Waals surface area contributed by atoms with Gasteiger partial charge in [-0.2, -0.15) is 0 Å². The predicted molar refractivity (Wildman–Crippen MR) is 50.9 cm³/mol. The number of primary amides is 1. The van der Waals surface area contributed by atoms with E-state index in [0.29, 0.717) is 18.7 Å². The largest absolute Gasteiger partial charge is 0.384 e. The normalized spacial score (nSPS) is 9.92. The van der Waals surface area contributed by atoms with Gasteiger partial charge in [0.15, 0.2) is 0 Å². The quantitative estimate of drug-likeness (QED) is 0.704. The van der Waals surface area contributed by atoms with Crippen molar-refractivity contribution in [3.05, 3.63) is 23.4 Å². The van der Waals surface area contributed by atoms with Gasteiger partial charge in [0, 0.05) is 12.1 Å². The van der Waals surface area contributed by atoms with Gasteiger partial charge in [-0.05, 0) is 31.0 Å². The fourth-order valence-corrected chi connectivity index (χ4v) is 1.15. The summed E-state index contributed by atoms with van der Waals surface area (Å²) in [6, 6.07) is 3.69. The highest BCUT2D eigenvalue weighted by Crippen LogP contribution is 2.07. The van der Waals surface area contributed by atoms with Crippen LogP contribution in [0.25, 0.3) is 0 Å². The molecule has 13 heavy (non-hydrogen) atoms. The molecule has 0 aromatic carbocycles. The van der Waals surface area contributed by atoms with Crippen molar-refractivity contribution in [1.82, 2.24) is 4.98 Å². The maximum absolute atomic E-state index is 10.5. The first kappa shape index (κ1) is 9.51. The van der Waals surface area contributed by atoms with Gasteiger partial charge in [-0.3, -0.25) is 4.79 Å². The van der Waals surface area contributed by atoms with Crippen molar-refractivity contribution in [3.63, 3.8) is 0 Å². The molecule has 1 aromatic rings. The molecule has 0 unspecified atom stereocenters. The Balaban J connectivity index is 2.71. The van der Waals surface area contributed by atoms with E-state index in [4.69, 9.17) is 11.5 Å². The highest BCUT2D eigenvalue weighted by atomic mass is 16.1. The first-order chi connectivity index (χ1) is 6.08. The molecule has 0 saturated heterocycles. The van der Waals surface area contributed by atoms with E-state index in [1.165, 1.54) is 0 Å². The Morgan fingerprint density at radius 2 is 2.23 bits per heavy atom. The minimum atomic E-state index is -0.318. The van der Waals surface area contributed by atoms with E-state index in [-0.39, 0.29) is 5.91 Å². The van der Waals surface area contributed by atoms with Gasteiger partial charge in [-0.25, -0.2) is 4.98 Å². The van der Waals surface area contributed by atoms with Crippen molar-refractivity contribution in [3.8, 4) is 0 Å². The highest BCUT2D eigenvalue weighted by Gasteiger charge is 2.00. The average Bonchev–Trinajstić information content (AvgIpc) is 1.99. The van der Waals surface area contributed by atoms with Crippen molar-refractivity contribution in [2.24, 2.45) is 5.73 Å². The summed E-state index contributed by atoms with van der Waals surface area (Å²) in [5.41, 5.74) is 12.4. The van der Waals surface area contributed by atoms with Crippen molar-refractivity contribution in [1.29, 1.82) is 0 Å². The molecule has 0 aliphatic heterocycles. The van der Waals surface area contributed by atoms with Crippen LogP contribution in [0.4, 0.5) is 5.82 Å². The molecule has 70 valence electrons. The van der Waals surface area contributed by atoms with Crippen LogP contribution < -0.4 is 11.5 Å². The summed E-state index contributed by atoms with van der Waals surface area (Å²) in [6.07, 6.45) is 0.872. The van der Waals surface area contributed by atoms with E-state index in [1.807, 2.05) is 13.0 Å². The van der Waals surface area contributed by atoms with Crippen molar-refractivity contribution in [2.45, 2.75) is 19.8 Å². The molecule has 1 rings (SSSR count). The second-order valence-electron chi connectivity index (χ2n) is 3.03. The molecule has 0 aliphatic rings. The number of aryl methyl sites for hydroxylation is 2. The standard InChI is InChI=1S/C9H13N3O/c1-6-4-7(2-3-9(11)13)12-8(10)5-6/h4-5H,2-3H2,1H3,(H2,10,12)(H2,11,13). The van der Waals surface area contributed by atoms with Crippen LogP contribution in [-0.4, -0.2) is 10.9 Å². The molecule has 4 N–H and O–H groups in total. The molecule has 0 fully saturated rings. The summed E-state index contributed by atoms with van der Waals surface area (Å²) >= 11 is 0. The van der Waals surface area contributed by atoms with E-state index in [2.05, 4.69) is 4.98 Å². The molecule has 0 atom stereocenters. The number of hydrogen-bond acceptors (Lipinski definition) is 3. The molecular formula is C9H13N3O. The molecular weight excluding hydrogens is 166 g/mol. The van der Waals surface area contributed by atoms with E-state index in [9.17, 15) is 4.79 Å². The summed E-state index contributed by atoms with van der Waals surface area (Å²) in [4.78, 5) is 14.6. The van der Waals surface area contributed by atoms with E-state index in [0.717, 1.165) is 11.3 Å². The van der Waals surface area contributed by atoms with Gasteiger partial charge in [0.1, 0.15) is 5.82 Å². The lowest BCUT2D eigenvalue weighted by molar-refractivity contribution is -0.118. The number of nitrogens with two attached hydrogens (primary N) is 2. The minimum Gasteiger partial charge on any atom is -0.384 e. The lowest BCUT2D eigenvalue weighted by Gasteiger charge is -2.01. The highest BCUT2D eigenvalue weighted by molar-refractivity contribution is 5.73. The average molecular weight is 179 g/mol. The number of hydrogen-bond donors (Lipinski definition) is 2. The maximum Gasteiger partial charge on any atom is 0.217 e. The Hall–Kier alpha value is -1.58. The van der Waals surface area contributed by atoms with E-state index >= 15 is 0 Å². The molecule has 0 saturated carbocycles. The predicted octanol–water partition coefficient (Wildman–Crippen LogP) is 0.390. The first-order valence-electron chi connectivity index (χ1n) is 4.09. The fraction of sp³-hybridized carbons (Fsp3) is 0.333. The topological polar surface area (TPSA) is 82.0 Å². The molecule has 0 radical (unpaired) electrons. The van der Waals surface area contributed by atoms with E-state index < -0.39 is 0 Å². The lowest BCUT2D eigenvalue weighted by atomic mass is 10.1. The van der Waals surface area contributed by atoms with Gasteiger partial charge in [-0.15, -0.1) is 0 Å². The fourth-order valence-electron chi connectivity index (χ4n) is 1.15. The number of anilines is 1. The summed E-state index contributed by atoms with van der Waals surface area (Å²) in [5, 5.41) is 0. The third-order valence-corrected chi connectivity index (χ3v) is 1.67. The Bertz CT molecular complexity index is 302. The number of pyridine rings is 1. The molecule has 4 heteroatoms. The minimum absolute atomic E-state index is 0.315. The van der Waals surface area contributed by atoms with Crippen LogP contribution in [0.1, 0.15) is 17.7 Å². The van der Waals surface area contributed by atoms with Gasteiger partial charge < -0.3 is 11.5 Å². The van der Waals surface area contributed by atoms with Crippen LogP contribution in [0.3, 0.4) is 0 Å². The number of aromatic nitrogens is 1. The molecule has 1 aromatic heterocycles. The van der Waals surface area contributed by atoms with Gasteiger partial charge in [-0.1, -0.05) is 0 Å². The molecule has 1 amide bonds. The van der Waals surface area contributed by atoms with Crippen LogP contribution in [0, 0.1) is 6.92 Å². The zero-order valence-electron chi connectivity index (χ0n) is 7.58. The van der Waals surface area contributed by atoms with E-state index in [1.54, 1.807) is 6.07 Å². The number of rotatable bonds is 3. The maximum atomic E-state index is 10.5. The Morgan fingerprint density at radius 1 is 1.54 bits per heavy atom. The van der Waals surface area contributed by atoms with Crippen LogP contribution in [0.5, 0.6) is 0 Å². The number of carbonyl (C=O) groups excluding carboxylic acids is 1.